The molecule has 0 unspecified atom stereocenters. The Morgan fingerprint density at radius 1 is 0.923 bits per heavy atom. The highest BCUT2D eigenvalue weighted by Gasteiger charge is 2.31. The molecule has 0 aliphatic heterocycles. The van der Waals surface area contributed by atoms with Crippen LogP contribution in [-0.4, -0.2) is 22.4 Å². The number of hydrogen-bond donors (Lipinski definition) is 2. The number of para-hydroxylation sites is 1. The van der Waals surface area contributed by atoms with Gasteiger partial charge in [0.05, 0.1) is 11.6 Å². The molecule has 1 atom stereocenters. The van der Waals surface area contributed by atoms with E-state index in [1.54, 1.807) is 46.8 Å². The molecular formula is C21H27NO4. The van der Waals surface area contributed by atoms with Crippen molar-refractivity contribution in [1.29, 1.82) is 0 Å². The zero-order chi connectivity index (χ0) is 19.4. The molecule has 0 heterocycles. The van der Waals surface area contributed by atoms with Gasteiger partial charge in [0.25, 0.3) is 0 Å². The van der Waals surface area contributed by atoms with E-state index in [0.717, 1.165) is 11.3 Å². The molecule has 0 saturated heterocycles. The lowest BCUT2D eigenvalue weighted by atomic mass is 9.92. The molecule has 0 fully saturated rings. The van der Waals surface area contributed by atoms with E-state index in [9.17, 15) is 9.90 Å². The highest BCUT2D eigenvalue weighted by molar-refractivity contribution is 5.68. The van der Waals surface area contributed by atoms with Crippen LogP contribution in [0.4, 0.5) is 4.79 Å². The molecule has 0 spiro atoms. The van der Waals surface area contributed by atoms with Gasteiger partial charge in [0.1, 0.15) is 17.1 Å². The number of alkyl carbamates (subject to hydrolysis) is 1. The summed E-state index contributed by atoms with van der Waals surface area (Å²) in [6, 6.07) is 16.1. The first kappa shape index (κ1) is 19.8. The van der Waals surface area contributed by atoms with Crippen molar-refractivity contribution >= 4 is 6.09 Å². The Bertz CT molecular complexity index is 712. The summed E-state index contributed by atoms with van der Waals surface area (Å²) in [4.78, 5) is 12.1. The van der Waals surface area contributed by atoms with E-state index in [2.05, 4.69) is 5.32 Å². The molecule has 1 amide bonds. The minimum atomic E-state index is -1.17. The van der Waals surface area contributed by atoms with Gasteiger partial charge in [0.15, 0.2) is 0 Å². The van der Waals surface area contributed by atoms with E-state index in [1.165, 1.54) is 0 Å². The van der Waals surface area contributed by atoms with Gasteiger partial charge in [-0.25, -0.2) is 4.79 Å². The Labute approximate surface area is 155 Å². The Hall–Kier alpha value is -2.53. The van der Waals surface area contributed by atoms with Crippen molar-refractivity contribution in [2.45, 2.75) is 51.9 Å². The van der Waals surface area contributed by atoms with E-state index < -0.39 is 23.3 Å². The Morgan fingerprint density at radius 3 is 1.96 bits per heavy atom. The summed E-state index contributed by atoms with van der Waals surface area (Å²) >= 11 is 0. The van der Waals surface area contributed by atoms with Gasteiger partial charge in [0, 0.05) is 0 Å². The monoisotopic (exact) mass is 357 g/mol. The van der Waals surface area contributed by atoms with Gasteiger partial charge in [-0.05, 0) is 64.4 Å². The fourth-order valence-electron chi connectivity index (χ4n) is 2.45. The molecule has 0 aromatic heterocycles. The van der Waals surface area contributed by atoms with Crippen molar-refractivity contribution < 1.29 is 19.4 Å². The molecule has 0 saturated carbocycles. The highest BCUT2D eigenvalue weighted by Crippen LogP contribution is 2.29. The molecule has 2 rings (SSSR count). The number of carbonyl (C=O) groups excluding carboxylic acids is 1. The topological polar surface area (TPSA) is 67.8 Å². The van der Waals surface area contributed by atoms with E-state index in [0.29, 0.717) is 5.75 Å². The van der Waals surface area contributed by atoms with Crippen LogP contribution in [0.5, 0.6) is 11.5 Å². The van der Waals surface area contributed by atoms with Gasteiger partial charge in [0.2, 0.25) is 0 Å². The Balaban J connectivity index is 2.14. The van der Waals surface area contributed by atoms with E-state index in [1.807, 2.05) is 42.5 Å². The molecule has 2 aromatic rings. The van der Waals surface area contributed by atoms with Crippen molar-refractivity contribution in [2.24, 2.45) is 0 Å². The van der Waals surface area contributed by atoms with Crippen LogP contribution in [0.2, 0.25) is 0 Å². The van der Waals surface area contributed by atoms with Crippen LogP contribution in [0.3, 0.4) is 0 Å². The average molecular weight is 357 g/mol. The lowest BCUT2D eigenvalue weighted by molar-refractivity contribution is 0.0163. The van der Waals surface area contributed by atoms with Gasteiger partial charge in [-0.3, -0.25) is 0 Å². The lowest BCUT2D eigenvalue weighted by Gasteiger charge is -2.31. The average Bonchev–Trinajstić information content (AvgIpc) is 2.52. The molecule has 2 aromatic carbocycles. The molecule has 5 nitrogen and oxygen atoms in total. The first-order valence-electron chi connectivity index (χ1n) is 8.59. The van der Waals surface area contributed by atoms with Crippen LogP contribution in [0.1, 0.15) is 46.2 Å². The summed E-state index contributed by atoms with van der Waals surface area (Å²) in [5.74, 6) is 1.41. The maximum atomic E-state index is 12.1. The van der Waals surface area contributed by atoms with Gasteiger partial charge in [-0.1, -0.05) is 30.3 Å². The second-order valence-corrected chi connectivity index (χ2v) is 7.72. The number of nitrogens with one attached hydrogen (secondary N) is 1. The van der Waals surface area contributed by atoms with Crippen molar-refractivity contribution in [1.82, 2.24) is 5.32 Å². The first-order valence-corrected chi connectivity index (χ1v) is 8.59. The summed E-state index contributed by atoms with van der Waals surface area (Å²) in [7, 11) is 0. The molecule has 0 aliphatic rings. The second-order valence-electron chi connectivity index (χ2n) is 7.72. The maximum absolute atomic E-state index is 12.1. The van der Waals surface area contributed by atoms with Crippen molar-refractivity contribution in [2.75, 3.05) is 0 Å². The number of hydrogen-bond acceptors (Lipinski definition) is 4. The third kappa shape index (κ3) is 6.08. The zero-order valence-electron chi connectivity index (χ0n) is 15.9. The summed E-state index contributed by atoms with van der Waals surface area (Å²) in [6.07, 6.45) is -0.575. The van der Waals surface area contributed by atoms with Crippen LogP contribution >= 0.6 is 0 Å². The minimum absolute atomic E-state index is 0.575. The van der Waals surface area contributed by atoms with Gasteiger partial charge in [-0.2, -0.15) is 0 Å². The molecule has 5 heteroatoms. The third-order valence-corrected chi connectivity index (χ3v) is 3.56. The second kappa shape index (κ2) is 7.79. The number of benzene rings is 2. The molecular weight excluding hydrogens is 330 g/mol. The molecule has 0 bridgehead atoms. The van der Waals surface area contributed by atoms with Crippen LogP contribution in [-0.2, 0) is 4.74 Å². The third-order valence-electron chi connectivity index (χ3n) is 3.56. The predicted octanol–water partition coefficient (Wildman–Crippen LogP) is 4.82. The van der Waals surface area contributed by atoms with Crippen LogP contribution < -0.4 is 10.1 Å². The normalized spacial score (nSPS) is 13.0. The number of ether oxygens (including phenoxy) is 2. The summed E-state index contributed by atoms with van der Waals surface area (Å²) in [5, 5.41) is 13.2. The summed E-state index contributed by atoms with van der Waals surface area (Å²) < 4.78 is 11.1. The van der Waals surface area contributed by atoms with E-state index >= 15 is 0 Å². The molecule has 0 radical (unpaired) electrons. The first-order chi connectivity index (χ1) is 12.0. The fourth-order valence-corrected chi connectivity index (χ4v) is 2.45. The molecule has 26 heavy (non-hydrogen) atoms. The molecule has 0 aliphatic carbocycles. The summed E-state index contributed by atoms with van der Waals surface area (Å²) in [5.41, 5.74) is -1.02. The van der Waals surface area contributed by atoms with Crippen molar-refractivity contribution in [3.8, 4) is 11.5 Å². The van der Waals surface area contributed by atoms with Gasteiger partial charge >= 0.3 is 6.09 Å². The minimum Gasteiger partial charge on any atom is -0.457 e. The van der Waals surface area contributed by atoms with Gasteiger partial charge in [-0.15, -0.1) is 0 Å². The standard InChI is InChI=1S/C21H27NO4/c1-20(2,3)26-19(23)22-18(21(4,5)24)15-11-13-17(14-12-15)25-16-9-7-6-8-10-16/h6-14,18,24H,1-5H3,(H,22,23)/t18-/m1/s1. The van der Waals surface area contributed by atoms with Crippen molar-refractivity contribution in [3.63, 3.8) is 0 Å². The number of aliphatic hydroxyl groups is 1. The summed E-state index contributed by atoms with van der Waals surface area (Å²) in [6.45, 7) is 8.66. The smallest absolute Gasteiger partial charge is 0.408 e. The number of carbonyl (C=O) groups is 1. The quantitative estimate of drug-likeness (QED) is 0.805. The van der Waals surface area contributed by atoms with Crippen LogP contribution in [0, 0.1) is 0 Å². The highest BCUT2D eigenvalue weighted by atomic mass is 16.6. The SMILES string of the molecule is CC(C)(C)OC(=O)N[C@H](c1ccc(Oc2ccccc2)cc1)C(C)(C)O. The largest absolute Gasteiger partial charge is 0.457 e. The lowest BCUT2D eigenvalue weighted by Crippen LogP contribution is -2.44. The molecule has 2 N–H and O–H groups in total. The molecule has 140 valence electrons. The van der Waals surface area contributed by atoms with Crippen LogP contribution in [0.25, 0.3) is 0 Å². The number of rotatable bonds is 5. The van der Waals surface area contributed by atoms with E-state index in [-0.39, 0.29) is 0 Å². The van der Waals surface area contributed by atoms with Crippen LogP contribution in [0.15, 0.2) is 54.6 Å². The maximum Gasteiger partial charge on any atom is 0.408 e. The Morgan fingerprint density at radius 2 is 1.46 bits per heavy atom. The Kier molecular flexibility index (Phi) is 5.93. The zero-order valence-corrected chi connectivity index (χ0v) is 15.9. The predicted molar refractivity (Wildman–Crippen MR) is 101 cm³/mol. The van der Waals surface area contributed by atoms with Crippen molar-refractivity contribution in [3.05, 3.63) is 60.2 Å². The number of amides is 1. The van der Waals surface area contributed by atoms with E-state index in [4.69, 9.17) is 9.47 Å². The fraction of sp³-hybridized carbons (Fsp3) is 0.381. The van der Waals surface area contributed by atoms with Gasteiger partial charge < -0.3 is 19.9 Å².